The highest BCUT2D eigenvalue weighted by atomic mass is 32.2. The van der Waals surface area contributed by atoms with Crippen molar-refractivity contribution in [2.45, 2.75) is 77.8 Å². The van der Waals surface area contributed by atoms with Crippen molar-refractivity contribution < 1.29 is 27.1 Å². The van der Waals surface area contributed by atoms with E-state index in [1.165, 1.54) is 32.6 Å². The molecule has 0 amide bonds. The highest BCUT2D eigenvalue weighted by Gasteiger charge is 2.44. The molecule has 0 fully saturated rings. The fourth-order valence-corrected chi connectivity index (χ4v) is 3.55. The largest absolute Gasteiger partial charge is 0.358 e. The first kappa shape index (κ1) is 23.9. The van der Waals surface area contributed by atoms with E-state index in [0.717, 1.165) is 24.8 Å². The number of benzene rings is 1. The molecule has 0 spiro atoms. The summed E-state index contributed by atoms with van der Waals surface area (Å²) in [6, 6.07) is 7.29. The zero-order valence-corrected chi connectivity index (χ0v) is 17.8. The summed E-state index contributed by atoms with van der Waals surface area (Å²) < 4.78 is 40.3. The van der Waals surface area contributed by atoms with Crippen molar-refractivity contribution in [1.29, 1.82) is 0 Å². The normalized spacial score (nSPS) is 12.3. The van der Waals surface area contributed by atoms with Crippen LogP contribution in [0.3, 0.4) is 0 Å². The van der Waals surface area contributed by atoms with Crippen molar-refractivity contribution in [3.63, 3.8) is 0 Å². The van der Waals surface area contributed by atoms with Gasteiger partial charge in [-0.15, -0.1) is 0 Å². The lowest BCUT2D eigenvalue weighted by atomic mass is 10.0. The number of ether oxygens (including phenoxy) is 2. The molecule has 0 saturated heterocycles. The summed E-state index contributed by atoms with van der Waals surface area (Å²) in [5, 5.41) is -1.91. The Morgan fingerprint density at radius 3 is 2.11 bits per heavy atom. The van der Waals surface area contributed by atoms with Gasteiger partial charge in [-0.25, -0.2) is 0 Å². The van der Waals surface area contributed by atoms with Crippen molar-refractivity contribution >= 4 is 10.1 Å². The molecule has 0 aliphatic carbocycles. The van der Waals surface area contributed by atoms with Gasteiger partial charge in [0.25, 0.3) is 5.12 Å². The van der Waals surface area contributed by atoms with Crippen LogP contribution in [0.5, 0.6) is 5.75 Å². The first-order valence-electron chi connectivity index (χ1n) is 9.86. The van der Waals surface area contributed by atoms with Gasteiger partial charge in [0.1, 0.15) is 0 Å². The Balaban J connectivity index is 2.68. The third-order valence-electron chi connectivity index (χ3n) is 4.25. The molecule has 0 N–H and O–H groups in total. The summed E-state index contributed by atoms with van der Waals surface area (Å²) in [5.74, 6) is 0.394. The minimum atomic E-state index is -4.26. The Bertz CT molecular complexity index is 623. The van der Waals surface area contributed by atoms with Crippen LogP contribution in [0.2, 0.25) is 0 Å². The minimum Gasteiger partial charge on any atom is -0.336 e. The van der Waals surface area contributed by atoms with E-state index in [9.17, 15) is 8.42 Å². The van der Waals surface area contributed by atoms with Gasteiger partial charge in [-0.05, 0) is 38.3 Å². The summed E-state index contributed by atoms with van der Waals surface area (Å²) in [7, 11) is -4.26. The van der Waals surface area contributed by atoms with Gasteiger partial charge in [-0.2, -0.15) is 8.42 Å². The van der Waals surface area contributed by atoms with Crippen molar-refractivity contribution in [3.05, 3.63) is 29.8 Å². The predicted molar refractivity (Wildman–Crippen MR) is 106 cm³/mol. The van der Waals surface area contributed by atoms with Crippen molar-refractivity contribution in [3.8, 4) is 5.75 Å². The second-order valence-corrected chi connectivity index (χ2v) is 8.25. The van der Waals surface area contributed by atoms with Gasteiger partial charge in [0.2, 0.25) is 0 Å². The van der Waals surface area contributed by atoms with Gasteiger partial charge in [0, 0.05) is 20.1 Å². The van der Waals surface area contributed by atoms with Crippen LogP contribution in [0.4, 0.5) is 0 Å². The van der Waals surface area contributed by atoms with Crippen molar-refractivity contribution in [1.82, 2.24) is 0 Å². The Morgan fingerprint density at radius 2 is 1.48 bits per heavy atom. The molecule has 0 aliphatic rings. The van der Waals surface area contributed by atoms with Crippen molar-refractivity contribution in [2.75, 3.05) is 13.2 Å². The lowest BCUT2D eigenvalue weighted by molar-refractivity contribution is -0.184. The second kappa shape index (κ2) is 12.3. The SMILES string of the molecule is CCCCCCCCc1ccccc1OOS(=O)(=O)C(C)(OCC)OCC. The third-order valence-corrected chi connectivity index (χ3v) is 5.64. The molecule has 0 saturated carbocycles. The minimum absolute atomic E-state index is 0.160. The molecule has 0 atom stereocenters. The monoisotopic (exact) mass is 402 g/mol. The Kier molecular flexibility index (Phi) is 10.9. The quantitative estimate of drug-likeness (QED) is 0.178. The zero-order chi connectivity index (χ0) is 20.2. The molecule has 0 heterocycles. The van der Waals surface area contributed by atoms with Gasteiger partial charge in [-0.3, -0.25) is 0 Å². The van der Waals surface area contributed by atoms with Crippen LogP contribution in [0.25, 0.3) is 0 Å². The summed E-state index contributed by atoms with van der Waals surface area (Å²) in [4.78, 5) is 5.19. The van der Waals surface area contributed by atoms with E-state index < -0.39 is 15.2 Å². The molecule has 0 bridgehead atoms. The molecule has 7 heteroatoms. The van der Waals surface area contributed by atoms with Crippen LogP contribution in [-0.2, 0) is 30.3 Å². The average molecular weight is 403 g/mol. The second-order valence-electron chi connectivity index (χ2n) is 6.46. The molecule has 156 valence electrons. The Hall–Kier alpha value is -1.15. The van der Waals surface area contributed by atoms with E-state index in [0.29, 0.717) is 5.75 Å². The van der Waals surface area contributed by atoms with Crippen molar-refractivity contribution in [2.24, 2.45) is 0 Å². The molecule has 1 aromatic rings. The van der Waals surface area contributed by atoms with E-state index in [1.807, 2.05) is 12.1 Å². The maximum Gasteiger partial charge on any atom is 0.358 e. The highest BCUT2D eigenvalue weighted by Crippen LogP contribution is 2.26. The molecule has 6 nitrogen and oxygen atoms in total. The van der Waals surface area contributed by atoms with Crippen LogP contribution in [0.15, 0.2) is 24.3 Å². The maximum atomic E-state index is 12.5. The lowest BCUT2D eigenvalue weighted by Crippen LogP contribution is -2.43. The fourth-order valence-electron chi connectivity index (χ4n) is 2.74. The number of hydrogen-bond acceptors (Lipinski definition) is 6. The molecule has 0 unspecified atom stereocenters. The summed E-state index contributed by atoms with van der Waals surface area (Å²) in [6.45, 7) is 7.19. The number of unbranched alkanes of at least 4 members (excludes halogenated alkanes) is 5. The average Bonchev–Trinajstić information content (AvgIpc) is 2.64. The first-order valence-corrected chi connectivity index (χ1v) is 11.3. The summed E-state index contributed by atoms with van der Waals surface area (Å²) in [5.41, 5.74) is 0.915. The Morgan fingerprint density at radius 1 is 0.889 bits per heavy atom. The van der Waals surface area contributed by atoms with E-state index in [-0.39, 0.29) is 13.2 Å². The molecule has 0 aromatic heterocycles. The van der Waals surface area contributed by atoms with Gasteiger partial charge in [0.15, 0.2) is 5.75 Å². The standard InChI is InChI=1S/C20H34O6S/c1-5-8-9-10-11-12-15-18-16-13-14-17-19(18)25-26-27(21,22)20(4,23-6-2)24-7-3/h13-14,16-17H,5-12,15H2,1-4H3. The number of aryl methyl sites for hydroxylation is 1. The maximum absolute atomic E-state index is 12.5. The fraction of sp³-hybridized carbons (Fsp3) is 0.700. The highest BCUT2D eigenvalue weighted by molar-refractivity contribution is 7.87. The van der Waals surface area contributed by atoms with Gasteiger partial charge in [0.05, 0.1) is 0 Å². The van der Waals surface area contributed by atoms with E-state index in [2.05, 4.69) is 6.92 Å². The van der Waals surface area contributed by atoms with Crippen LogP contribution in [-0.4, -0.2) is 26.8 Å². The molecule has 0 radical (unpaired) electrons. The van der Waals surface area contributed by atoms with Gasteiger partial charge >= 0.3 is 10.1 Å². The van der Waals surface area contributed by atoms with E-state index in [1.54, 1.807) is 26.0 Å². The van der Waals surface area contributed by atoms with Crippen LogP contribution in [0.1, 0.15) is 71.8 Å². The summed E-state index contributed by atoms with van der Waals surface area (Å²) in [6.07, 6.45) is 7.92. The zero-order valence-electron chi connectivity index (χ0n) is 17.0. The molecule has 1 aromatic carbocycles. The summed E-state index contributed by atoms with van der Waals surface area (Å²) >= 11 is 0. The lowest BCUT2D eigenvalue weighted by Gasteiger charge is -2.26. The Labute approximate surface area is 164 Å². The molecular formula is C20H34O6S. The third kappa shape index (κ3) is 7.78. The smallest absolute Gasteiger partial charge is 0.336 e. The van der Waals surface area contributed by atoms with Crippen LogP contribution >= 0.6 is 0 Å². The molecular weight excluding hydrogens is 368 g/mol. The van der Waals surface area contributed by atoms with E-state index >= 15 is 0 Å². The molecule has 27 heavy (non-hydrogen) atoms. The molecule has 1 rings (SSSR count). The van der Waals surface area contributed by atoms with Crippen LogP contribution in [0, 0.1) is 0 Å². The van der Waals surface area contributed by atoms with E-state index in [4.69, 9.17) is 18.7 Å². The number of para-hydroxylation sites is 1. The number of hydrogen-bond donors (Lipinski definition) is 0. The number of rotatable bonds is 15. The first-order chi connectivity index (χ1) is 12.9. The molecule has 0 aliphatic heterocycles. The van der Waals surface area contributed by atoms with Crippen LogP contribution < -0.4 is 4.89 Å². The van der Waals surface area contributed by atoms with Gasteiger partial charge in [-0.1, -0.05) is 61.6 Å². The predicted octanol–water partition coefficient (Wildman–Crippen LogP) is 4.98. The van der Waals surface area contributed by atoms with Gasteiger partial charge < -0.3 is 14.4 Å². The topological polar surface area (TPSA) is 71.1 Å².